The molecule has 0 aromatic heterocycles. The van der Waals surface area contributed by atoms with Crippen molar-refractivity contribution in [1.29, 1.82) is 0 Å². The Morgan fingerprint density at radius 2 is 2.00 bits per heavy atom. The SMILES string of the molecule is CCN(CC)CCNc1ccc(F)c(Cl)c1. The number of rotatable bonds is 6. The van der Waals surface area contributed by atoms with Gasteiger partial charge in [-0.3, -0.25) is 0 Å². The molecule has 2 nitrogen and oxygen atoms in total. The highest BCUT2D eigenvalue weighted by atomic mass is 35.5. The Balaban J connectivity index is 2.40. The van der Waals surface area contributed by atoms with Crippen molar-refractivity contribution in [3.05, 3.63) is 29.0 Å². The summed E-state index contributed by atoms with van der Waals surface area (Å²) in [5, 5.41) is 3.38. The smallest absolute Gasteiger partial charge is 0.141 e. The van der Waals surface area contributed by atoms with Gasteiger partial charge in [0, 0.05) is 18.8 Å². The van der Waals surface area contributed by atoms with E-state index < -0.39 is 0 Å². The molecule has 0 bridgehead atoms. The second kappa shape index (κ2) is 6.71. The molecular weight excluding hydrogens is 227 g/mol. The van der Waals surface area contributed by atoms with Gasteiger partial charge < -0.3 is 10.2 Å². The van der Waals surface area contributed by atoms with Crippen LogP contribution in [0.1, 0.15) is 13.8 Å². The first-order valence-corrected chi connectivity index (χ1v) is 5.96. The molecule has 1 N–H and O–H groups in total. The minimum atomic E-state index is -0.379. The molecule has 0 spiro atoms. The molecule has 0 aliphatic heterocycles. The number of hydrogen-bond acceptors (Lipinski definition) is 2. The van der Waals surface area contributed by atoms with E-state index >= 15 is 0 Å². The minimum Gasteiger partial charge on any atom is -0.384 e. The summed E-state index contributed by atoms with van der Waals surface area (Å²) in [6.45, 7) is 8.17. The monoisotopic (exact) mass is 244 g/mol. The molecule has 1 rings (SSSR count). The van der Waals surface area contributed by atoms with E-state index in [1.807, 2.05) is 0 Å². The number of anilines is 1. The zero-order valence-corrected chi connectivity index (χ0v) is 10.5. The van der Waals surface area contributed by atoms with Gasteiger partial charge in [-0.25, -0.2) is 4.39 Å². The van der Waals surface area contributed by atoms with Crippen LogP contribution in [0.25, 0.3) is 0 Å². The predicted octanol–water partition coefficient (Wildman–Crippen LogP) is 3.23. The van der Waals surface area contributed by atoms with Gasteiger partial charge in [-0.15, -0.1) is 0 Å². The Hall–Kier alpha value is -0.800. The third-order valence-electron chi connectivity index (χ3n) is 2.57. The van der Waals surface area contributed by atoms with Gasteiger partial charge in [-0.05, 0) is 31.3 Å². The van der Waals surface area contributed by atoms with Gasteiger partial charge in [0.2, 0.25) is 0 Å². The average molecular weight is 245 g/mol. The third kappa shape index (κ3) is 3.99. The summed E-state index contributed by atoms with van der Waals surface area (Å²) in [7, 11) is 0. The summed E-state index contributed by atoms with van der Waals surface area (Å²) < 4.78 is 12.9. The lowest BCUT2D eigenvalue weighted by Crippen LogP contribution is -2.28. The maximum atomic E-state index is 12.9. The van der Waals surface area contributed by atoms with Crippen molar-refractivity contribution in [3.8, 4) is 0 Å². The fourth-order valence-corrected chi connectivity index (χ4v) is 1.68. The van der Waals surface area contributed by atoms with Crippen LogP contribution in [0.3, 0.4) is 0 Å². The second-order valence-electron chi connectivity index (χ2n) is 3.58. The fraction of sp³-hybridized carbons (Fsp3) is 0.500. The van der Waals surface area contributed by atoms with Crippen LogP contribution in [0.4, 0.5) is 10.1 Å². The van der Waals surface area contributed by atoms with Crippen molar-refractivity contribution >= 4 is 17.3 Å². The zero-order valence-electron chi connectivity index (χ0n) is 9.76. The van der Waals surface area contributed by atoms with Crippen LogP contribution in [0, 0.1) is 5.82 Å². The molecule has 4 heteroatoms. The van der Waals surface area contributed by atoms with Crippen LogP contribution in [0.2, 0.25) is 5.02 Å². The molecule has 0 atom stereocenters. The number of benzene rings is 1. The molecule has 16 heavy (non-hydrogen) atoms. The van der Waals surface area contributed by atoms with Gasteiger partial charge >= 0.3 is 0 Å². The first-order chi connectivity index (χ1) is 7.67. The van der Waals surface area contributed by atoms with Crippen molar-refractivity contribution in [3.63, 3.8) is 0 Å². The fourth-order valence-electron chi connectivity index (χ4n) is 1.50. The predicted molar refractivity (Wildman–Crippen MR) is 67.7 cm³/mol. The van der Waals surface area contributed by atoms with E-state index in [1.54, 1.807) is 12.1 Å². The Labute approximate surface area is 101 Å². The van der Waals surface area contributed by atoms with E-state index in [0.717, 1.165) is 31.9 Å². The zero-order chi connectivity index (χ0) is 12.0. The first-order valence-electron chi connectivity index (χ1n) is 5.58. The van der Waals surface area contributed by atoms with Gasteiger partial charge in [-0.2, -0.15) is 0 Å². The van der Waals surface area contributed by atoms with Crippen molar-refractivity contribution in [1.82, 2.24) is 4.90 Å². The molecule has 0 saturated carbocycles. The number of halogens is 2. The molecule has 0 radical (unpaired) electrons. The summed E-state index contributed by atoms with van der Waals surface area (Å²) >= 11 is 5.68. The lowest BCUT2D eigenvalue weighted by Gasteiger charge is -2.18. The molecule has 0 fully saturated rings. The van der Waals surface area contributed by atoms with Crippen LogP contribution in [0.5, 0.6) is 0 Å². The molecule has 0 aliphatic rings. The number of hydrogen-bond donors (Lipinski definition) is 1. The standard InChI is InChI=1S/C12H18ClFN2/c1-3-16(4-2)8-7-15-10-5-6-12(14)11(13)9-10/h5-6,9,15H,3-4,7-8H2,1-2H3. The van der Waals surface area contributed by atoms with Crippen LogP contribution in [-0.4, -0.2) is 31.1 Å². The van der Waals surface area contributed by atoms with Crippen molar-refractivity contribution in [2.75, 3.05) is 31.5 Å². The Bertz CT molecular complexity index is 327. The van der Waals surface area contributed by atoms with Crippen molar-refractivity contribution in [2.45, 2.75) is 13.8 Å². The quantitative estimate of drug-likeness (QED) is 0.827. The lowest BCUT2D eigenvalue weighted by molar-refractivity contribution is 0.316. The van der Waals surface area contributed by atoms with E-state index in [4.69, 9.17) is 11.6 Å². The summed E-state index contributed by atoms with van der Waals surface area (Å²) in [5.41, 5.74) is 0.860. The summed E-state index contributed by atoms with van der Waals surface area (Å²) in [6, 6.07) is 4.69. The Morgan fingerprint density at radius 1 is 1.31 bits per heavy atom. The van der Waals surface area contributed by atoms with Crippen LogP contribution in [0.15, 0.2) is 18.2 Å². The van der Waals surface area contributed by atoms with Gasteiger partial charge in [0.25, 0.3) is 0 Å². The van der Waals surface area contributed by atoms with Gasteiger partial charge in [0.05, 0.1) is 5.02 Å². The maximum absolute atomic E-state index is 12.9. The van der Waals surface area contributed by atoms with Gasteiger partial charge in [-0.1, -0.05) is 25.4 Å². The first kappa shape index (κ1) is 13.3. The van der Waals surface area contributed by atoms with Crippen LogP contribution < -0.4 is 5.32 Å². The Morgan fingerprint density at radius 3 is 2.56 bits per heavy atom. The topological polar surface area (TPSA) is 15.3 Å². The van der Waals surface area contributed by atoms with E-state index in [1.165, 1.54) is 6.07 Å². The van der Waals surface area contributed by atoms with E-state index in [9.17, 15) is 4.39 Å². The maximum Gasteiger partial charge on any atom is 0.141 e. The highest BCUT2D eigenvalue weighted by Crippen LogP contribution is 2.18. The normalized spacial score (nSPS) is 10.8. The number of nitrogens with zero attached hydrogens (tertiary/aromatic N) is 1. The van der Waals surface area contributed by atoms with E-state index in [-0.39, 0.29) is 10.8 Å². The van der Waals surface area contributed by atoms with Crippen LogP contribution in [-0.2, 0) is 0 Å². The molecule has 0 heterocycles. The van der Waals surface area contributed by atoms with Gasteiger partial charge in [0.15, 0.2) is 0 Å². The minimum absolute atomic E-state index is 0.160. The molecule has 0 aliphatic carbocycles. The van der Waals surface area contributed by atoms with Crippen molar-refractivity contribution < 1.29 is 4.39 Å². The largest absolute Gasteiger partial charge is 0.384 e. The second-order valence-corrected chi connectivity index (χ2v) is 3.99. The molecular formula is C12H18ClFN2. The third-order valence-corrected chi connectivity index (χ3v) is 2.86. The van der Waals surface area contributed by atoms with E-state index in [0.29, 0.717) is 0 Å². The highest BCUT2D eigenvalue weighted by molar-refractivity contribution is 6.31. The molecule has 0 unspecified atom stereocenters. The van der Waals surface area contributed by atoms with Gasteiger partial charge in [0.1, 0.15) is 5.82 Å². The molecule has 90 valence electrons. The summed E-state index contributed by atoms with van der Waals surface area (Å²) in [4.78, 5) is 2.32. The molecule has 0 amide bonds. The lowest BCUT2D eigenvalue weighted by atomic mass is 10.3. The van der Waals surface area contributed by atoms with Crippen LogP contribution >= 0.6 is 11.6 Å². The molecule has 1 aromatic carbocycles. The number of nitrogens with one attached hydrogen (secondary N) is 1. The average Bonchev–Trinajstić information content (AvgIpc) is 2.29. The molecule has 1 aromatic rings. The Kier molecular flexibility index (Phi) is 5.56. The van der Waals surface area contributed by atoms with E-state index in [2.05, 4.69) is 24.1 Å². The molecule has 0 saturated heterocycles. The van der Waals surface area contributed by atoms with Crippen molar-refractivity contribution in [2.24, 2.45) is 0 Å². The number of likely N-dealkylation sites (N-methyl/N-ethyl adjacent to an activating group) is 1. The summed E-state index contributed by atoms with van der Waals surface area (Å²) in [5.74, 6) is -0.379. The highest BCUT2D eigenvalue weighted by Gasteiger charge is 2.01. The summed E-state index contributed by atoms with van der Waals surface area (Å²) in [6.07, 6.45) is 0.